The van der Waals surface area contributed by atoms with Crippen LogP contribution >= 0.6 is 0 Å². The number of ether oxygens (including phenoxy) is 4. The van der Waals surface area contributed by atoms with E-state index in [9.17, 15) is 45.6 Å². The van der Waals surface area contributed by atoms with Crippen LogP contribution in [0.3, 0.4) is 0 Å². The summed E-state index contributed by atoms with van der Waals surface area (Å²) in [4.78, 5) is 13.3. The van der Waals surface area contributed by atoms with Gasteiger partial charge in [0.25, 0.3) is 0 Å². The van der Waals surface area contributed by atoms with E-state index >= 15 is 0 Å². The lowest BCUT2D eigenvalue weighted by molar-refractivity contribution is -0.359. The predicted octanol–water partition coefficient (Wildman–Crippen LogP) is 17.1. The van der Waals surface area contributed by atoms with Crippen molar-refractivity contribution < 1.29 is 64.6 Å². The summed E-state index contributed by atoms with van der Waals surface area (Å²) in [5, 5.41) is 87.5. The van der Waals surface area contributed by atoms with E-state index in [1.807, 2.05) is 6.08 Å². The third-order valence-electron chi connectivity index (χ3n) is 19.4. The molecule has 12 unspecified atom stereocenters. The van der Waals surface area contributed by atoms with E-state index in [-0.39, 0.29) is 18.9 Å². The highest BCUT2D eigenvalue weighted by Crippen LogP contribution is 2.30. The summed E-state index contributed by atoms with van der Waals surface area (Å²) < 4.78 is 22.9. The van der Waals surface area contributed by atoms with Gasteiger partial charge in [-0.3, -0.25) is 4.79 Å². The van der Waals surface area contributed by atoms with Crippen molar-refractivity contribution in [3.05, 3.63) is 24.3 Å². The molecule has 0 spiro atoms. The summed E-state index contributed by atoms with van der Waals surface area (Å²) in [6, 6.07) is -0.929. The number of hydrogen-bond acceptors (Lipinski definition) is 13. The van der Waals surface area contributed by atoms with Crippen molar-refractivity contribution in [2.45, 2.75) is 441 Å². The van der Waals surface area contributed by atoms with Gasteiger partial charge in [0.05, 0.1) is 32.0 Å². The largest absolute Gasteiger partial charge is 0.394 e. The average Bonchev–Trinajstić information content (AvgIpc) is 1.08. The third kappa shape index (κ3) is 45.6. The second-order valence-electron chi connectivity index (χ2n) is 27.8. The van der Waals surface area contributed by atoms with E-state index < -0.39 is 86.8 Å². The maximum Gasteiger partial charge on any atom is 0.220 e. The van der Waals surface area contributed by atoms with Crippen LogP contribution in [-0.4, -0.2) is 140 Å². The van der Waals surface area contributed by atoms with Crippen molar-refractivity contribution >= 4 is 5.91 Å². The molecule has 2 aliphatic rings. The number of carbonyl (C=O) groups is 1. The monoisotopic (exact) mass is 1290 g/mol. The molecule has 2 rings (SSSR count). The number of unbranched alkanes of at least 4 members (excludes halogenated alkanes) is 51. The lowest BCUT2D eigenvalue weighted by atomic mass is 9.97. The van der Waals surface area contributed by atoms with Gasteiger partial charge in [0.15, 0.2) is 12.6 Å². The van der Waals surface area contributed by atoms with Gasteiger partial charge in [-0.15, -0.1) is 0 Å². The minimum atomic E-state index is -1.79. The summed E-state index contributed by atoms with van der Waals surface area (Å²) in [6.45, 7) is 2.84. The molecule has 0 aromatic rings. The molecule has 14 heteroatoms. The fraction of sp³-hybridized carbons (Fsp3) is 0.935. The molecule has 1 amide bonds. The molecule has 9 N–H and O–H groups in total. The topological polar surface area (TPSA) is 228 Å². The highest BCUT2D eigenvalue weighted by molar-refractivity contribution is 5.76. The molecule has 0 bridgehead atoms. The van der Waals surface area contributed by atoms with Crippen molar-refractivity contribution in [3.8, 4) is 0 Å². The van der Waals surface area contributed by atoms with Crippen molar-refractivity contribution in [1.29, 1.82) is 0 Å². The van der Waals surface area contributed by atoms with Gasteiger partial charge in [-0.25, -0.2) is 0 Å². The van der Waals surface area contributed by atoms with Crippen molar-refractivity contribution in [2.75, 3.05) is 19.8 Å². The zero-order valence-electron chi connectivity index (χ0n) is 58.9. The molecular weight excluding hydrogens is 1150 g/mol. The highest BCUT2D eigenvalue weighted by atomic mass is 16.7. The first-order valence-electron chi connectivity index (χ1n) is 39.1. The van der Waals surface area contributed by atoms with Crippen molar-refractivity contribution in [3.63, 3.8) is 0 Å². The molecule has 14 nitrogen and oxygen atoms in total. The smallest absolute Gasteiger partial charge is 0.220 e. The van der Waals surface area contributed by atoms with Gasteiger partial charge in [0.1, 0.15) is 48.8 Å². The van der Waals surface area contributed by atoms with Gasteiger partial charge in [0, 0.05) is 6.42 Å². The van der Waals surface area contributed by atoms with Crippen molar-refractivity contribution in [1.82, 2.24) is 5.32 Å². The molecule has 91 heavy (non-hydrogen) atoms. The van der Waals surface area contributed by atoms with E-state index in [0.717, 1.165) is 32.1 Å². The minimum absolute atomic E-state index is 0.241. The van der Waals surface area contributed by atoms with Crippen LogP contribution in [0, 0.1) is 0 Å². The first-order valence-corrected chi connectivity index (χ1v) is 39.1. The number of nitrogens with one attached hydrogen (secondary N) is 1. The molecule has 12 atom stereocenters. The molecule has 538 valence electrons. The van der Waals surface area contributed by atoms with E-state index in [0.29, 0.717) is 12.8 Å². The Balaban J connectivity index is 1.57. The Morgan fingerprint density at radius 3 is 1.08 bits per heavy atom. The summed E-state index contributed by atoms with van der Waals surface area (Å²) in [7, 11) is 0. The maximum atomic E-state index is 13.3. The molecule has 2 aliphatic heterocycles. The fourth-order valence-corrected chi connectivity index (χ4v) is 13.2. The molecule has 2 heterocycles. The number of allylic oxidation sites excluding steroid dienone is 3. The lowest BCUT2D eigenvalue weighted by Crippen LogP contribution is -2.65. The Hall–Kier alpha value is -1.53. The molecule has 2 fully saturated rings. The fourth-order valence-electron chi connectivity index (χ4n) is 13.2. The second-order valence-corrected chi connectivity index (χ2v) is 27.8. The third-order valence-corrected chi connectivity index (χ3v) is 19.4. The average molecular weight is 1300 g/mol. The van der Waals surface area contributed by atoms with Crippen LogP contribution in [0.1, 0.15) is 367 Å². The predicted molar refractivity (Wildman–Crippen MR) is 374 cm³/mol. The quantitative estimate of drug-likeness (QED) is 0.0204. The van der Waals surface area contributed by atoms with Gasteiger partial charge in [-0.1, -0.05) is 353 Å². The SMILES string of the molecule is CCCCCCCCCCCCCCC/C=C/CC/C=C/C(O)C(COC1OC(CO)C(OC2OC(CO)C(O)C(O)C2O)C(O)C1O)NC(=O)CCCCCCCCCCCCCCCCCCCCCCCCCCCCCCCCCCCCCCCC. The zero-order chi connectivity index (χ0) is 65.9. The Morgan fingerprint density at radius 1 is 0.385 bits per heavy atom. The molecule has 2 saturated heterocycles. The Morgan fingerprint density at radius 2 is 0.703 bits per heavy atom. The van der Waals surface area contributed by atoms with E-state index in [1.165, 1.54) is 302 Å². The minimum Gasteiger partial charge on any atom is -0.394 e. The van der Waals surface area contributed by atoms with E-state index in [4.69, 9.17) is 18.9 Å². The summed E-state index contributed by atoms with van der Waals surface area (Å²) in [5.41, 5.74) is 0. The van der Waals surface area contributed by atoms with E-state index in [2.05, 4.69) is 31.3 Å². The van der Waals surface area contributed by atoms with Crippen LogP contribution in [0.2, 0.25) is 0 Å². The van der Waals surface area contributed by atoms with Gasteiger partial charge < -0.3 is 65.1 Å². The maximum absolute atomic E-state index is 13.3. The lowest BCUT2D eigenvalue weighted by Gasteiger charge is -2.46. The molecule has 0 aliphatic carbocycles. The number of aliphatic hydroxyl groups excluding tert-OH is 8. The van der Waals surface area contributed by atoms with Gasteiger partial charge in [-0.05, 0) is 32.1 Å². The summed E-state index contributed by atoms with van der Waals surface area (Å²) >= 11 is 0. The zero-order valence-corrected chi connectivity index (χ0v) is 58.9. The first kappa shape index (κ1) is 85.6. The normalized spacial score (nSPS) is 22.8. The number of hydrogen-bond donors (Lipinski definition) is 9. The van der Waals surface area contributed by atoms with Crippen molar-refractivity contribution in [2.24, 2.45) is 0 Å². The van der Waals surface area contributed by atoms with Crippen LogP contribution in [0.15, 0.2) is 24.3 Å². The summed E-state index contributed by atoms with van der Waals surface area (Å²) in [5.74, 6) is -0.241. The number of aliphatic hydroxyl groups is 8. The first-order chi connectivity index (χ1) is 44.6. The number of carbonyl (C=O) groups excluding carboxylic acids is 1. The Kier molecular flexibility index (Phi) is 58.3. The van der Waals surface area contributed by atoms with Crippen LogP contribution in [-0.2, 0) is 23.7 Å². The number of rotatable bonds is 66. The second kappa shape index (κ2) is 62.0. The highest BCUT2D eigenvalue weighted by Gasteiger charge is 2.51. The van der Waals surface area contributed by atoms with Crippen LogP contribution in [0.5, 0.6) is 0 Å². The molecule has 0 saturated carbocycles. The molecule has 0 aromatic heterocycles. The van der Waals surface area contributed by atoms with Gasteiger partial charge in [0.2, 0.25) is 5.91 Å². The standard InChI is InChI=1S/C77H147NO13/c1-3-5-7-9-11-13-15-17-19-21-23-24-25-26-27-28-29-30-31-32-33-34-35-36-37-38-39-40-41-43-45-47-49-51-53-55-57-59-61-69(82)78-65(66(81)60-58-56-54-52-50-48-46-44-42-22-20-18-16-14-12-10-8-6-4-2)64-88-76-74(87)72(85)75(68(63-80)90-76)91-77-73(86)71(84)70(83)67(62-79)89-77/h50,52,58,60,65-68,70-77,79-81,83-87H,3-49,51,53-57,59,61-64H2,1-2H3,(H,78,82)/b52-50+,60-58+. The number of amides is 1. The molecule has 0 radical (unpaired) electrons. The van der Waals surface area contributed by atoms with Crippen LogP contribution in [0.25, 0.3) is 0 Å². The van der Waals surface area contributed by atoms with Crippen LogP contribution < -0.4 is 5.32 Å². The van der Waals surface area contributed by atoms with Crippen LogP contribution in [0.4, 0.5) is 0 Å². The Bertz CT molecular complexity index is 1620. The Labute approximate surface area is 558 Å². The van der Waals surface area contributed by atoms with Gasteiger partial charge >= 0.3 is 0 Å². The van der Waals surface area contributed by atoms with E-state index in [1.54, 1.807) is 6.08 Å². The van der Waals surface area contributed by atoms with Gasteiger partial charge in [-0.2, -0.15) is 0 Å². The summed E-state index contributed by atoms with van der Waals surface area (Å²) in [6.07, 6.45) is 62.8. The molecular formula is C77H147NO13. The molecule has 0 aromatic carbocycles.